The van der Waals surface area contributed by atoms with E-state index in [1.54, 1.807) is 0 Å². The summed E-state index contributed by atoms with van der Waals surface area (Å²) in [6.45, 7) is 6.92. The summed E-state index contributed by atoms with van der Waals surface area (Å²) < 4.78 is 5.49. The third-order valence-corrected chi connectivity index (χ3v) is 3.06. The SMILES string of the molecule is CC(C)CNCc1nnc(NCC2CCC2)o1. The molecular formula is C12H22N4O. The highest BCUT2D eigenvalue weighted by molar-refractivity contribution is 5.17. The first-order chi connectivity index (χ1) is 8.24. The minimum absolute atomic E-state index is 0.554. The first kappa shape index (κ1) is 12.4. The molecule has 0 saturated heterocycles. The van der Waals surface area contributed by atoms with Crippen molar-refractivity contribution in [1.29, 1.82) is 0 Å². The lowest BCUT2D eigenvalue weighted by atomic mass is 9.85. The standard InChI is InChI=1S/C12H22N4O/c1-9(2)6-13-8-11-15-16-12(17-11)14-7-10-4-3-5-10/h9-10,13H,3-8H2,1-2H3,(H,14,16). The van der Waals surface area contributed by atoms with Gasteiger partial charge in [0.2, 0.25) is 5.89 Å². The molecule has 1 aliphatic carbocycles. The lowest BCUT2D eigenvalue weighted by molar-refractivity contribution is 0.330. The van der Waals surface area contributed by atoms with E-state index in [-0.39, 0.29) is 0 Å². The lowest BCUT2D eigenvalue weighted by Gasteiger charge is -2.24. The van der Waals surface area contributed by atoms with E-state index in [1.165, 1.54) is 19.3 Å². The second-order valence-corrected chi connectivity index (χ2v) is 5.20. The maximum absolute atomic E-state index is 5.49. The first-order valence-corrected chi connectivity index (χ1v) is 6.51. The van der Waals surface area contributed by atoms with Crippen LogP contribution in [0.3, 0.4) is 0 Å². The molecule has 96 valence electrons. The van der Waals surface area contributed by atoms with Gasteiger partial charge in [-0.05, 0) is 31.2 Å². The third kappa shape index (κ3) is 4.00. The number of hydrogen-bond acceptors (Lipinski definition) is 5. The van der Waals surface area contributed by atoms with E-state index in [4.69, 9.17) is 4.42 Å². The van der Waals surface area contributed by atoms with Gasteiger partial charge in [0.15, 0.2) is 0 Å². The normalized spacial score (nSPS) is 16.2. The van der Waals surface area contributed by atoms with Gasteiger partial charge in [-0.2, -0.15) is 0 Å². The van der Waals surface area contributed by atoms with Gasteiger partial charge in [0.1, 0.15) is 0 Å². The Morgan fingerprint density at radius 2 is 2.18 bits per heavy atom. The molecule has 5 nitrogen and oxygen atoms in total. The molecule has 1 aromatic heterocycles. The largest absolute Gasteiger partial charge is 0.407 e. The number of rotatable bonds is 7. The Balaban J connectivity index is 1.67. The van der Waals surface area contributed by atoms with E-state index in [9.17, 15) is 0 Å². The summed E-state index contributed by atoms with van der Waals surface area (Å²) in [7, 11) is 0. The minimum atomic E-state index is 0.554. The molecule has 17 heavy (non-hydrogen) atoms. The maximum atomic E-state index is 5.49. The minimum Gasteiger partial charge on any atom is -0.407 e. The van der Waals surface area contributed by atoms with Gasteiger partial charge in [0, 0.05) is 6.54 Å². The average molecular weight is 238 g/mol. The fraction of sp³-hybridized carbons (Fsp3) is 0.833. The number of nitrogens with one attached hydrogen (secondary N) is 2. The van der Waals surface area contributed by atoms with Crippen LogP contribution in [0.1, 0.15) is 39.0 Å². The predicted octanol–water partition coefficient (Wildman–Crippen LogP) is 2.03. The fourth-order valence-electron chi connectivity index (χ4n) is 1.79. The molecule has 0 bridgehead atoms. The van der Waals surface area contributed by atoms with E-state index < -0.39 is 0 Å². The summed E-state index contributed by atoms with van der Waals surface area (Å²) in [5.74, 6) is 2.08. The molecule has 2 N–H and O–H groups in total. The van der Waals surface area contributed by atoms with Gasteiger partial charge >= 0.3 is 6.01 Å². The summed E-state index contributed by atoms with van der Waals surface area (Å²) in [6.07, 6.45) is 4.01. The van der Waals surface area contributed by atoms with Gasteiger partial charge in [-0.15, -0.1) is 5.10 Å². The Morgan fingerprint density at radius 3 is 2.82 bits per heavy atom. The van der Waals surface area contributed by atoms with Crippen molar-refractivity contribution in [1.82, 2.24) is 15.5 Å². The van der Waals surface area contributed by atoms with Crippen molar-refractivity contribution >= 4 is 6.01 Å². The summed E-state index contributed by atoms with van der Waals surface area (Å²) in [5, 5.41) is 14.4. The quantitative estimate of drug-likeness (QED) is 0.761. The number of anilines is 1. The topological polar surface area (TPSA) is 63.0 Å². The van der Waals surface area contributed by atoms with Gasteiger partial charge in [-0.3, -0.25) is 0 Å². The van der Waals surface area contributed by atoms with Crippen molar-refractivity contribution in [2.24, 2.45) is 11.8 Å². The fourth-order valence-corrected chi connectivity index (χ4v) is 1.79. The van der Waals surface area contributed by atoms with E-state index >= 15 is 0 Å². The Morgan fingerprint density at radius 1 is 1.35 bits per heavy atom. The molecule has 5 heteroatoms. The Hall–Kier alpha value is -1.10. The third-order valence-electron chi connectivity index (χ3n) is 3.06. The molecule has 1 aromatic rings. The highest BCUT2D eigenvalue weighted by Gasteiger charge is 2.17. The van der Waals surface area contributed by atoms with Crippen molar-refractivity contribution < 1.29 is 4.42 Å². The smallest absolute Gasteiger partial charge is 0.315 e. The molecule has 0 aliphatic heterocycles. The monoisotopic (exact) mass is 238 g/mol. The molecule has 1 saturated carbocycles. The molecule has 1 fully saturated rings. The van der Waals surface area contributed by atoms with Crippen LogP contribution in [0.2, 0.25) is 0 Å². The van der Waals surface area contributed by atoms with Crippen LogP contribution < -0.4 is 10.6 Å². The van der Waals surface area contributed by atoms with Crippen LogP contribution in [0.5, 0.6) is 0 Å². The summed E-state index contributed by atoms with van der Waals surface area (Å²) >= 11 is 0. The molecule has 2 rings (SSSR count). The molecule has 0 spiro atoms. The van der Waals surface area contributed by atoms with Gasteiger partial charge in [0.25, 0.3) is 0 Å². The van der Waals surface area contributed by atoms with E-state index in [2.05, 4.69) is 34.7 Å². The molecule has 0 amide bonds. The number of nitrogens with zero attached hydrogens (tertiary/aromatic N) is 2. The summed E-state index contributed by atoms with van der Waals surface area (Å²) in [5.41, 5.74) is 0. The van der Waals surface area contributed by atoms with Crippen molar-refractivity contribution in [3.63, 3.8) is 0 Å². The van der Waals surface area contributed by atoms with E-state index in [1.807, 2.05) is 0 Å². The highest BCUT2D eigenvalue weighted by Crippen LogP contribution is 2.26. The zero-order chi connectivity index (χ0) is 12.1. The van der Waals surface area contributed by atoms with Gasteiger partial charge < -0.3 is 15.1 Å². The van der Waals surface area contributed by atoms with Crippen LogP contribution in [-0.2, 0) is 6.54 Å². The van der Waals surface area contributed by atoms with E-state index in [0.717, 1.165) is 19.0 Å². The maximum Gasteiger partial charge on any atom is 0.315 e. The Labute approximate surface area is 102 Å². The van der Waals surface area contributed by atoms with Crippen LogP contribution in [0.15, 0.2) is 4.42 Å². The van der Waals surface area contributed by atoms with Crippen LogP contribution in [0.25, 0.3) is 0 Å². The van der Waals surface area contributed by atoms with Crippen LogP contribution in [0, 0.1) is 11.8 Å². The van der Waals surface area contributed by atoms with Crippen molar-refractivity contribution in [2.45, 2.75) is 39.7 Å². The molecule has 0 atom stereocenters. The summed E-state index contributed by atoms with van der Waals surface area (Å²) in [4.78, 5) is 0. The molecule has 0 aromatic carbocycles. The van der Waals surface area contributed by atoms with Crippen molar-refractivity contribution in [3.05, 3.63) is 5.89 Å². The van der Waals surface area contributed by atoms with Gasteiger partial charge in [0.05, 0.1) is 6.54 Å². The zero-order valence-electron chi connectivity index (χ0n) is 10.7. The number of hydrogen-bond donors (Lipinski definition) is 2. The molecule has 1 heterocycles. The molecule has 1 aliphatic rings. The second kappa shape index (κ2) is 6.00. The van der Waals surface area contributed by atoms with Crippen LogP contribution >= 0.6 is 0 Å². The Bertz CT molecular complexity index is 333. The predicted molar refractivity (Wildman–Crippen MR) is 66.7 cm³/mol. The van der Waals surface area contributed by atoms with Gasteiger partial charge in [-0.1, -0.05) is 25.4 Å². The molecule has 0 radical (unpaired) electrons. The Kier molecular flexibility index (Phi) is 4.36. The zero-order valence-corrected chi connectivity index (χ0v) is 10.7. The van der Waals surface area contributed by atoms with Crippen molar-refractivity contribution in [3.8, 4) is 0 Å². The second-order valence-electron chi connectivity index (χ2n) is 5.20. The van der Waals surface area contributed by atoms with Crippen molar-refractivity contribution in [2.75, 3.05) is 18.4 Å². The number of aromatic nitrogens is 2. The highest BCUT2D eigenvalue weighted by atomic mass is 16.4. The van der Waals surface area contributed by atoms with E-state index in [0.29, 0.717) is 24.4 Å². The average Bonchev–Trinajstić information content (AvgIpc) is 2.63. The lowest BCUT2D eigenvalue weighted by Crippen LogP contribution is -2.21. The summed E-state index contributed by atoms with van der Waals surface area (Å²) in [6, 6.07) is 0.554. The van der Waals surface area contributed by atoms with Crippen LogP contribution in [-0.4, -0.2) is 23.3 Å². The first-order valence-electron chi connectivity index (χ1n) is 6.51. The van der Waals surface area contributed by atoms with Crippen LogP contribution in [0.4, 0.5) is 6.01 Å². The molecular weight excluding hydrogens is 216 g/mol. The van der Waals surface area contributed by atoms with Gasteiger partial charge in [-0.25, -0.2) is 0 Å². The molecule has 0 unspecified atom stereocenters.